The summed E-state index contributed by atoms with van der Waals surface area (Å²) in [5.41, 5.74) is 0.125. The van der Waals surface area contributed by atoms with Gasteiger partial charge in [-0.15, -0.1) is 0 Å². The number of rotatable bonds is 7. The highest BCUT2D eigenvalue weighted by Gasteiger charge is 2.40. The Kier molecular flexibility index (Phi) is 5.91. The van der Waals surface area contributed by atoms with E-state index in [9.17, 15) is 19.7 Å². The highest BCUT2D eigenvalue weighted by atomic mass is 16.6. The second-order valence-corrected chi connectivity index (χ2v) is 7.00. The Morgan fingerprint density at radius 3 is 2.44 bits per heavy atom. The fourth-order valence-corrected chi connectivity index (χ4v) is 3.62. The molecule has 1 atom stereocenters. The van der Waals surface area contributed by atoms with Crippen molar-refractivity contribution in [3.63, 3.8) is 0 Å². The van der Waals surface area contributed by atoms with Crippen LogP contribution >= 0.6 is 0 Å². The lowest BCUT2D eigenvalue weighted by molar-refractivity contribution is -0.384. The summed E-state index contributed by atoms with van der Waals surface area (Å²) >= 11 is 0. The summed E-state index contributed by atoms with van der Waals surface area (Å²) in [6.07, 6.45) is 0. The number of nitrogens with zero attached hydrogens (tertiary/aromatic N) is 5. The van der Waals surface area contributed by atoms with Gasteiger partial charge in [0.1, 0.15) is 23.2 Å². The van der Waals surface area contributed by atoms with Crippen LogP contribution in [-0.4, -0.2) is 58.2 Å². The van der Waals surface area contributed by atoms with Crippen molar-refractivity contribution in [2.45, 2.75) is 6.04 Å². The zero-order valence-corrected chi connectivity index (χ0v) is 18.2. The monoisotopic (exact) mass is 466 g/mol. The number of hydrogen-bond acceptors (Lipinski definition) is 11. The topological polar surface area (TPSA) is 161 Å². The summed E-state index contributed by atoms with van der Waals surface area (Å²) < 4.78 is 17.1. The number of non-ortho nitro benzene ring substituents is 1. The molecule has 2 heterocycles. The number of ether oxygens (including phenoxy) is 3. The van der Waals surface area contributed by atoms with E-state index in [0.717, 1.165) is 0 Å². The second kappa shape index (κ2) is 8.97. The van der Waals surface area contributed by atoms with Crippen LogP contribution in [0.2, 0.25) is 0 Å². The van der Waals surface area contributed by atoms with Gasteiger partial charge in [-0.3, -0.25) is 14.9 Å². The Bertz CT molecular complexity index is 1320. The number of carbonyl (C=O) groups excluding carboxylic acids is 2. The van der Waals surface area contributed by atoms with Crippen molar-refractivity contribution in [1.82, 2.24) is 20.2 Å². The van der Waals surface area contributed by atoms with Crippen molar-refractivity contribution in [1.29, 1.82) is 0 Å². The second-order valence-electron chi connectivity index (χ2n) is 7.00. The average molecular weight is 466 g/mol. The number of methoxy groups -OCH3 is 3. The zero-order chi connectivity index (χ0) is 24.4. The molecule has 1 aromatic heterocycles. The van der Waals surface area contributed by atoms with Gasteiger partial charge >= 0.3 is 5.97 Å². The number of tetrazole rings is 1. The van der Waals surface area contributed by atoms with Gasteiger partial charge in [-0.2, -0.15) is 4.68 Å². The van der Waals surface area contributed by atoms with E-state index in [-0.39, 0.29) is 28.5 Å². The summed E-state index contributed by atoms with van der Waals surface area (Å²) in [6, 6.07) is 8.94. The number of nitrogens with one attached hydrogen (secondary N) is 1. The number of benzene rings is 2. The van der Waals surface area contributed by atoms with Gasteiger partial charge < -0.3 is 19.5 Å². The lowest BCUT2D eigenvalue weighted by Crippen LogP contribution is -2.33. The SMILES string of the molecule is COC(=O)C1=C(C(=O)c2ccc([N+](=O)[O-])cc2)[C@H](c2cc(OC)ccc2OC)n2nnnc2N1. The van der Waals surface area contributed by atoms with E-state index in [2.05, 4.69) is 20.8 Å². The number of nitro benzene ring substituents is 1. The molecule has 2 aromatic carbocycles. The van der Waals surface area contributed by atoms with Gasteiger partial charge in [-0.05, 0) is 40.8 Å². The molecule has 174 valence electrons. The molecule has 1 aliphatic heterocycles. The first-order chi connectivity index (χ1) is 16.4. The van der Waals surface area contributed by atoms with Gasteiger partial charge in [-0.25, -0.2) is 4.79 Å². The van der Waals surface area contributed by atoms with Gasteiger partial charge in [-0.1, -0.05) is 5.10 Å². The quantitative estimate of drug-likeness (QED) is 0.234. The summed E-state index contributed by atoms with van der Waals surface area (Å²) in [6.45, 7) is 0. The summed E-state index contributed by atoms with van der Waals surface area (Å²) in [4.78, 5) is 36.9. The first-order valence-corrected chi connectivity index (χ1v) is 9.78. The van der Waals surface area contributed by atoms with Crippen LogP contribution in [0.15, 0.2) is 53.7 Å². The number of hydrogen-bond donors (Lipinski definition) is 1. The molecule has 0 aliphatic carbocycles. The normalized spacial score (nSPS) is 14.6. The number of nitro groups is 1. The molecule has 0 fully saturated rings. The van der Waals surface area contributed by atoms with E-state index < -0.39 is 22.7 Å². The van der Waals surface area contributed by atoms with Gasteiger partial charge in [0.15, 0.2) is 5.78 Å². The van der Waals surface area contributed by atoms with Gasteiger partial charge in [0.05, 0.1) is 31.8 Å². The van der Waals surface area contributed by atoms with Gasteiger partial charge in [0.2, 0.25) is 5.95 Å². The van der Waals surface area contributed by atoms with Gasteiger partial charge in [0, 0.05) is 23.3 Å². The van der Waals surface area contributed by atoms with Crippen molar-refractivity contribution in [3.05, 3.63) is 75.0 Å². The number of carbonyl (C=O) groups is 2. The molecule has 0 amide bonds. The van der Waals surface area contributed by atoms with Crippen LogP contribution in [0.1, 0.15) is 22.0 Å². The molecule has 13 nitrogen and oxygen atoms in total. The van der Waals surface area contributed by atoms with E-state index in [4.69, 9.17) is 14.2 Å². The minimum absolute atomic E-state index is 0.0490. The Balaban J connectivity index is 1.97. The molecule has 1 N–H and O–H groups in total. The third-order valence-corrected chi connectivity index (χ3v) is 5.22. The third kappa shape index (κ3) is 3.79. The number of anilines is 1. The molecule has 0 saturated heterocycles. The average Bonchev–Trinajstić information content (AvgIpc) is 3.34. The maximum Gasteiger partial charge on any atom is 0.355 e. The van der Waals surface area contributed by atoms with E-state index >= 15 is 0 Å². The number of ketones is 1. The summed E-state index contributed by atoms with van der Waals surface area (Å²) in [7, 11) is 4.11. The van der Waals surface area contributed by atoms with Crippen LogP contribution in [0.4, 0.5) is 11.6 Å². The van der Waals surface area contributed by atoms with Crippen LogP contribution in [0, 0.1) is 10.1 Å². The predicted molar refractivity (Wildman–Crippen MR) is 116 cm³/mol. The number of Topliss-reactive ketones (excluding diaryl/α,β-unsaturated/α-hetero) is 1. The molecule has 3 aromatic rings. The molecule has 0 spiro atoms. The first-order valence-electron chi connectivity index (χ1n) is 9.78. The Hall–Kier alpha value is -4.81. The van der Waals surface area contributed by atoms with Crippen LogP contribution in [0.5, 0.6) is 11.5 Å². The van der Waals surface area contributed by atoms with E-state index in [1.165, 1.54) is 50.3 Å². The molecule has 0 unspecified atom stereocenters. The maximum absolute atomic E-state index is 13.8. The number of allylic oxidation sites excluding steroid dienone is 1. The molecule has 4 rings (SSSR count). The molecule has 0 bridgehead atoms. The molecule has 34 heavy (non-hydrogen) atoms. The summed E-state index contributed by atoms with van der Waals surface area (Å²) in [5, 5.41) is 25.3. The predicted octanol–water partition coefficient (Wildman–Crippen LogP) is 1.92. The number of fused-ring (bicyclic) bond motifs is 1. The van der Waals surface area contributed by atoms with E-state index in [0.29, 0.717) is 17.1 Å². The highest BCUT2D eigenvalue weighted by molar-refractivity contribution is 6.15. The molecule has 1 aliphatic rings. The molecular weight excluding hydrogens is 448 g/mol. The lowest BCUT2D eigenvalue weighted by atomic mass is 9.88. The van der Waals surface area contributed by atoms with Gasteiger partial charge in [0.25, 0.3) is 5.69 Å². The largest absolute Gasteiger partial charge is 0.497 e. The molecular formula is C21H18N6O7. The Morgan fingerprint density at radius 1 is 1.09 bits per heavy atom. The van der Waals surface area contributed by atoms with Crippen molar-refractivity contribution in [2.75, 3.05) is 26.6 Å². The lowest BCUT2D eigenvalue weighted by Gasteiger charge is -2.29. The smallest absolute Gasteiger partial charge is 0.355 e. The van der Waals surface area contributed by atoms with Crippen molar-refractivity contribution >= 4 is 23.4 Å². The minimum Gasteiger partial charge on any atom is -0.497 e. The fraction of sp³-hybridized carbons (Fsp3) is 0.190. The van der Waals surface area contributed by atoms with E-state index in [1.807, 2.05) is 0 Å². The van der Waals surface area contributed by atoms with Crippen molar-refractivity contribution in [2.24, 2.45) is 0 Å². The Morgan fingerprint density at radius 2 is 1.82 bits per heavy atom. The summed E-state index contributed by atoms with van der Waals surface area (Å²) in [5.74, 6) is -0.487. The van der Waals surface area contributed by atoms with Crippen molar-refractivity contribution in [3.8, 4) is 11.5 Å². The van der Waals surface area contributed by atoms with Crippen LogP contribution < -0.4 is 14.8 Å². The van der Waals surface area contributed by atoms with Crippen LogP contribution in [0.25, 0.3) is 0 Å². The minimum atomic E-state index is -1.02. The number of esters is 1. The molecule has 0 radical (unpaired) electrons. The fourth-order valence-electron chi connectivity index (χ4n) is 3.62. The van der Waals surface area contributed by atoms with Crippen LogP contribution in [-0.2, 0) is 9.53 Å². The van der Waals surface area contributed by atoms with E-state index in [1.54, 1.807) is 18.2 Å². The zero-order valence-electron chi connectivity index (χ0n) is 18.2. The Labute approximate surface area is 192 Å². The molecule has 13 heteroatoms. The standard InChI is InChI=1S/C21H18N6O7/c1-32-13-8-9-15(33-2)14(10-13)18-16(19(28)11-4-6-12(7-5-11)27(30)31)17(20(29)34-3)22-21-23-24-25-26(18)21/h4-10,18H,1-3H3,(H,22,23,25)/t18-/m0/s1. The highest BCUT2D eigenvalue weighted by Crippen LogP contribution is 2.41. The molecule has 0 saturated carbocycles. The van der Waals surface area contributed by atoms with Crippen LogP contribution in [0.3, 0.4) is 0 Å². The maximum atomic E-state index is 13.8. The van der Waals surface area contributed by atoms with Crippen molar-refractivity contribution < 1.29 is 28.7 Å². The first kappa shape index (κ1) is 22.4. The third-order valence-electron chi connectivity index (χ3n) is 5.22. The number of aromatic nitrogens is 4.